The number of hydrogen-bond acceptors (Lipinski definition) is 2. The number of halogens is 1. The lowest BCUT2D eigenvalue weighted by atomic mass is 10.2. The van der Waals surface area contributed by atoms with Gasteiger partial charge in [-0.05, 0) is 44.0 Å². The van der Waals surface area contributed by atoms with Crippen LogP contribution < -0.4 is 4.74 Å². The van der Waals surface area contributed by atoms with Gasteiger partial charge < -0.3 is 9.64 Å². The van der Waals surface area contributed by atoms with Crippen LogP contribution in [0.2, 0.25) is 5.02 Å². The fraction of sp³-hybridized carbons (Fsp3) is 0.500. The number of nitrogens with zero attached hydrogens (tertiary/aromatic N) is 1. The lowest BCUT2D eigenvalue weighted by Crippen LogP contribution is -2.37. The summed E-state index contributed by atoms with van der Waals surface area (Å²) in [5.74, 6) is 0.653. The first-order valence-corrected chi connectivity index (χ1v) is 6.48. The highest BCUT2D eigenvalue weighted by Crippen LogP contribution is 2.21. The number of carbonyl (C=O) groups excluding carboxylic acids is 1. The fourth-order valence-electron chi connectivity index (χ4n) is 1.47. The molecule has 0 aliphatic heterocycles. The number of hydrogen-bond donors (Lipinski definition) is 0. The third-order valence-electron chi connectivity index (χ3n) is 3.14. The fourth-order valence-corrected chi connectivity index (χ4v) is 1.59. The standard InChI is InChI=1S/C14H20ClNO2/c1-5-11(3)16(4)14(17)9-18-12-6-7-13(15)10(2)8-12/h6-8,11H,5,9H2,1-4H3. The number of rotatable bonds is 5. The first-order valence-electron chi connectivity index (χ1n) is 6.10. The van der Waals surface area contributed by atoms with Crippen molar-refractivity contribution in [3.8, 4) is 5.75 Å². The molecular weight excluding hydrogens is 250 g/mol. The van der Waals surface area contributed by atoms with Crippen LogP contribution in [0.5, 0.6) is 5.75 Å². The molecule has 0 spiro atoms. The largest absolute Gasteiger partial charge is 0.484 e. The summed E-state index contributed by atoms with van der Waals surface area (Å²) in [4.78, 5) is 13.6. The van der Waals surface area contributed by atoms with E-state index in [0.29, 0.717) is 10.8 Å². The minimum atomic E-state index is -0.0167. The normalized spacial score (nSPS) is 12.1. The second-order valence-electron chi connectivity index (χ2n) is 4.46. The molecule has 1 rings (SSSR count). The Bertz CT molecular complexity index is 420. The monoisotopic (exact) mass is 269 g/mol. The van der Waals surface area contributed by atoms with Gasteiger partial charge in [0.15, 0.2) is 6.61 Å². The summed E-state index contributed by atoms with van der Waals surface area (Å²) in [6.07, 6.45) is 0.933. The van der Waals surface area contributed by atoms with Crippen molar-refractivity contribution in [2.24, 2.45) is 0 Å². The average molecular weight is 270 g/mol. The van der Waals surface area contributed by atoms with Gasteiger partial charge in [-0.3, -0.25) is 4.79 Å². The summed E-state index contributed by atoms with van der Waals surface area (Å²) in [5.41, 5.74) is 0.942. The smallest absolute Gasteiger partial charge is 0.260 e. The number of likely N-dealkylation sites (N-methyl/N-ethyl adjacent to an activating group) is 1. The lowest BCUT2D eigenvalue weighted by Gasteiger charge is -2.23. The second-order valence-corrected chi connectivity index (χ2v) is 4.87. The van der Waals surface area contributed by atoms with E-state index >= 15 is 0 Å². The Balaban J connectivity index is 2.54. The minimum absolute atomic E-state index is 0.0167. The molecule has 0 aliphatic rings. The number of benzene rings is 1. The maximum atomic E-state index is 11.8. The Hall–Kier alpha value is -1.22. The summed E-state index contributed by atoms with van der Waals surface area (Å²) in [6.45, 7) is 6.03. The van der Waals surface area contributed by atoms with E-state index in [4.69, 9.17) is 16.3 Å². The summed E-state index contributed by atoms with van der Waals surface area (Å²) in [6, 6.07) is 5.60. The molecule has 1 atom stereocenters. The summed E-state index contributed by atoms with van der Waals surface area (Å²) in [5, 5.41) is 0.699. The van der Waals surface area contributed by atoms with E-state index in [1.807, 2.05) is 19.9 Å². The highest BCUT2D eigenvalue weighted by atomic mass is 35.5. The third kappa shape index (κ3) is 3.91. The zero-order valence-electron chi connectivity index (χ0n) is 11.4. The molecule has 0 radical (unpaired) electrons. The Morgan fingerprint density at radius 1 is 1.50 bits per heavy atom. The van der Waals surface area contributed by atoms with Gasteiger partial charge in [-0.1, -0.05) is 18.5 Å². The molecule has 1 unspecified atom stereocenters. The van der Waals surface area contributed by atoms with Crippen LogP contribution in [-0.2, 0) is 4.79 Å². The van der Waals surface area contributed by atoms with Crippen molar-refractivity contribution < 1.29 is 9.53 Å². The van der Waals surface area contributed by atoms with E-state index in [9.17, 15) is 4.79 Å². The van der Waals surface area contributed by atoms with Crippen LogP contribution >= 0.6 is 11.6 Å². The number of carbonyl (C=O) groups is 1. The summed E-state index contributed by atoms with van der Waals surface area (Å²) >= 11 is 5.92. The highest BCUT2D eigenvalue weighted by molar-refractivity contribution is 6.31. The molecule has 1 aromatic rings. The van der Waals surface area contributed by atoms with Gasteiger partial charge in [0.1, 0.15) is 5.75 Å². The van der Waals surface area contributed by atoms with Crippen molar-refractivity contribution in [2.45, 2.75) is 33.2 Å². The first-order chi connectivity index (χ1) is 8.45. The molecule has 0 aromatic heterocycles. The molecule has 1 amide bonds. The van der Waals surface area contributed by atoms with E-state index < -0.39 is 0 Å². The third-order valence-corrected chi connectivity index (χ3v) is 3.56. The molecular formula is C14H20ClNO2. The zero-order valence-corrected chi connectivity index (χ0v) is 12.1. The molecule has 0 heterocycles. The molecule has 100 valence electrons. The van der Waals surface area contributed by atoms with E-state index in [-0.39, 0.29) is 18.6 Å². The van der Waals surface area contributed by atoms with E-state index in [1.54, 1.807) is 24.1 Å². The Morgan fingerprint density at radius 3 is 2.72 bits per heavy atom. The molecule has 0 N–H and O–H groups in total. The molecule has 0 bridgehead atoms. The van der Waals surface area contributed by atoms with Crippen LogP contribution in [0.3, 0.4) is 0 Å². The maximum absolute atomic E-state index is 11.8. The maximum Gasteiger partial charge on any atom is 0.260 e. The van der Waals surface area contributed by atoms with Crippen LogP contribution in [0, 0.1) is 6.92 Å². The van der Waals surface area contributed by atoms with Gasteiger partial charge in [-0.25, -0.2) is 0 Å². The van der Waals surface area contributed by atoms with Crippen LogP contribution in [0.1, 0.15) is 25.8 Å². The molecule has 4 heteroatoms. The van der Waals surface area contributed by atoms with Crippen molar-refractivity contribution in [3.63, 3.8) is 0 Å². The SMILES string of the molecule is CCC(C)N(C)C(=O)COc1ccc(Cl)c(C)c1. The lowest BCUT2D eigenvalue weighted by molar-refractivity contribution is -0.133. The van der Waals surface area contributed by atoms with Gasteiger partial charge in [0.2, 0.25) is 0 Å². The second kappa shape index (κ2) is 6.64. The molecule has 0 saturated heterocycles. The van der Waals surface area contributed by atoms with Gasteiger partial charge in [0, 0.05) is 18.1 Å². The number of aryl methyl sites for hydroxylation is 1. The van der Waals surface area contributed by atoms with Crippen molar-refractivity contribution in [1.82, 2.24) is 4.90 Å². The van der Waals surface area contributed by atoms with Crippen molar-refractivity contribution in [2.75, 3.05) is 13.7 Å². The van der Waals surface area contributed by atoms with Crippen LogP contribution in [0.25, 0.3) is 0 Å². The quantitative estimate of drug-likeness (QED) is 0.821. The average Bonchev–Trinajstić information content (AvgIpc) is 2.37. The van der Waals surface area contributed by atoms with Crippen molar-refractivity contribution >= 4 is 17.5 Å². The van der Waals surface area contributed by atoms with Gasteiger partial charge >= 0.3 is 0 Å². The molecule has 0 saturated carbocycles. The number of amides is 1. The molecule has 0 fully saturated rings. The predicted molar refractivity (Wildman–Crippen MR) is 74.2 cm³/mol. The topological polar surface area (TPSA) is 29.5 Å². The van der Waals surface area contributed by atoms with E-state index in [0.717, 1.165) is 12.0 Å². The van der Waals surface area contributed by atoms with Gasteiger partial charge in [-0.2, -0.15) is 0 Å². The van der Waals surface area contributed by atoms with Crippen LogP contribution in [-0.4, -0.2) is 30.5 Å². The van der Waals surface area contributed by atoms with Crippen LogP contribution in [0.15, 0.2) is 18.2 Å². The van der Waals surface area contributed by atoms with E-state index in [1.165, 1.54) is 0 Å². The zero-order chi connectivity index (χ0) is 13.7. The molecule has 18 heavy (non-hydrogen) atoms. The van der Waals surface area contributed by atoms with Gasteiger partial charge in [0.05, 0.1) is 0 Å². The summed E-state index contributed by atoms with van der Waals surface area (Å²) < 4.78 is 5.47. The van der Waals surface area contributed by atoms with Crippen molar-refractivity contribution in [1.29, 1.82) is 0 Å². The minimum Gasteiger partial charge on any atom is -0.484 e. The Morgan fingerprint density at radius 2 is 2.17 bits per heavy atom. The van der Waals surface area contributed by atoms with Gasteiger partial charge in [-0.15, -0.1) is 0 Å². The first kappa shape index (κ1) is 14.8. The Labute approximate surface area is 114 Å². The number of ether oxygens (including phenoxy) is 1. The van der Waals surface area contributed by atoms with E-state index in [2.05, 4.69) is 6.92 Å². The predicted octanol–water partition coefficient (Wildman–Crippen LogP) is 3.28. The van der Waals surface area contributed by atoms with Crippen LogP contribution in [0.4, 0.5) is 0 Å². The molecule has 1 aromatic carbocycles. The highest BCUT2D eigenvalue weighted by Gasteiger charge is 2.14. The van der Waals surface area contributed by atoms with Crippen molar-refractivity contribution in [3.05, 3.63) is 28.8 Å². The molecule has 0 aliphatic carbocycles. The van der Waals surface area contributed by atoms with Gasteiger partial charge in [0.25, 0.3) is 5.91 Å². The summed E-state index contributed by atoms with van der Waals surface area (Å²) in [7, 11) is 1.80. The Kier molecular flexibility index (Phi) is 5.48. The molecule has 3 nitrogen and oxygen atoms in total.